The Morgan fingerprint density at radius 3 is 2.54 bits per heavy atom. The average Bonchev–Trinajstić information content (AvgIpc) is 3.11. The quantitative estimate of drug-likeness (QED) is 0.672. The van der Waals surface area contributed by atoms with E-state index in [1.165, 1.54) is 11.8 Å². The summed E-state index contributed by atoms with van der Waals surface area (Å²) in [5.41, 5.74) is 2.39. The van der Waals surface area contributed by atoms with Gasteiger partial charge in [-0.05, 0) is 29.4 Å². The van der Waals surface area contributed by atoms with Crippen molar-refractivity contribution < 1.29 is 9.21 Å². The van der Waals surface area contributed by atoms with Crippen molar-refractivity contribution in [2.24, 2.45) is 0 Å². The van der Waals surface area contributed by atoms with Crippen molar-refractivity contribution in [3.8, 4) is 11.5 Å². The molecular weight excluding hydrogens is 319 g/mol. The third-order valence-corrected chi connectivity index (χ3v) is 4.19. The second-order valence-corrected chi connectivity index (χ2v) is 6.29. The van der Waals surface area contributed by atoms with E-state index in [-0.39, 0.29) is 5.91 Å². The molecule has 1 atom stereocenters. The van der Waals surface area contributed by atoms with Crippen LogP contribution in [0.15, 0.2) is 65.3 Å². The smallest absolute Gasteiger partial charge is 0.275 e. The second-order valence-electron chi connectivity index (χ2n) is 5.62. The Morgan fingerprint density at radius 2 is 1.83 bits per heavy atom. The predicted octanol–water partition coefficient (Wildman–Crippen LogP) is 3.16. The first kappa shape index (κ1) is 16.4. The Bertz CT molecular complexity index is 813. The lowest BCUT2D eigenvalue weighted by Gasteiger charge is -2.15. The maximum absolute atomic E-state index is 12.5. The zero-order valence-corrected chi connectivity index (χ0v) is 14.6. The minimum atomic E-state index is -0.136. The predicted molar refractivity (Wildman–Crippen MR) is 98.4 cm³/mol. The minimum Gasteiger partial charge on any atom is -0.444 e. The Morgan fingerprint density at radius 1 is 1.12 bits per heavy atom. The van der Waals surface area contributed by atoms with Gasteiger partial charge in [0.1, 0.15) is 6.26 Å². The molecule has 2 aromatic carbocycles. The first-order valence-corrected chi connectivity index (χ1v) is 8.32. The molecular formula is C19H19N2O2P. The molecule has 0 aliphatic carbocycles. The maximum atomic E-state index is 12.5. The number of benzene rings is 2. The molecule has 0 bridgehead atoms. The van der Waals surface area contributed by atoms with Crippen LogP contribution in [0.4, 0.5) is 0 Å². The van der Waals surface area contributed by atoms with Crippen molar-refractivity contribution in [2.45, 2.75) is 6.42 Å². The molecule has 0 radical (unpaired) electrons. The highest BCUT2D eigenvalue weighted by atomic mass is 31.0. The average molecular weight is 338 g/mol. The molecule has 1 aromatic heterocycles. The van der Waals surface area contributed by atoms with E-state index in [0.29, 0.717) is 18.1 Å². The van der Waals surface area contributed by atoms with Crippen LogP contribution in [-0.2, 0) is 6.42 Å². The van der Waals surface area contributed by atoms with Crippen LogP contribution in [0.5, 0.6) is 0 Å². The van der Waals surface area contributed by atoms with E-state index in [1.54, 1.807) is 11.9 Å². The van der Waals surface area contributed by atoms with Gasteiger partial charge in [0.2, 0.25) is 5.89 Å². The lowest BCUT2D eigenvalue weighted by molar-refractivity contribution is 0.0791. The number of carbonyl (C=O) groups excluding carboxylic acids is 1. The summed E-state index contributed by atoms with van der Waals surface area (Å²) in [6.07, 6.45) is 2.22. The summed E-state index contributed by atoms with van der Waals surface area (Å²) in [6, 6.07) is 17.8. The van der Waals surface area contributed by atoms with E-state index in [4.69, 9.17) is 4.42 Å². The van der Waals surface area contributed by atoms with Gasteiger partial charge in [-0.1, -0.05) is 42.5 Å². The summed E-state index contributed by atoms with van der Waals surface area (Å²) >= 11 is 0. The maximum Gasteiger partial charge on any atom is 0.275 e. The third kappa shape index (κ3) is 3.90. The summed E-state index contributed by atoms with van der Waals surface area (Å²) in [5, 5.41) is 1.15. The number of nitrogens with zero attached hydrogens (tertiary/aromatic N) is 2. The van der Waals surface area contributed by atoms with E-state index in [0.717, 1.165) is 17.3 Å². The summed E-state index contributed by atoms with van der Waals surface area (Å²) in [6.45, 7) is 0.628. The molecule has 24 heavy (non-hydrogen) atoms. The number of likely N-dealkylation sites (N-methyl/N-ethyl adjacent to an activating group) is 1. The van der Waals surface area contributed by atoms with Gasteiger partial charge >= 0.3 is 0 Å². The third-order valence-electron chi connectivity index (χ3n) is 3.81. The van der Waals surface area contributed by atoms with Gasteiger partial charge < -0.3 is 9.32 Å². The number of oxazole rings is 1. The highest BCUT2D eigenvalue weighted by Crippen LogP contribution is 2.18. The van der Waals surface area contributed by atoms with E-state index in [9.17, 15) is 4.79 Å². The minimum absolute atomic E-state index is 0.136. The van der Waals surface area contributed by atoms with Crippen LogP contribution < -0.4 is 5.30 Å². The molecule has 3 rings (SSSR count). The van der Waals surface area contributed by atoms with Crippen molar-refractivity contribution in [1.29, 1.82) is 0 Å². The summed E-state index contributed by atoms with van der Waals surface area (Å²) < 4.78 is 5.44. The molecule has 1 heterocycles. The molecule has 4 nitrogen and oxygen atoms in total. The Hall–Kier alpha value is -2.45. The zero-order valence-electron chi connectivity index (χ0n) is 13.5. The van der Waals surface area contributed by atoms with E-state index in [1.807, 2.05) is 42.5 Å². The van der Waals surface area contributed by atoms with Crippen molar-refractivity contribution in [2.75, 3.05) is 13.6 Å². The number of carbonyl (C=O) groups is 1. The highest BCUT2D eigenvalue weighted by molar-refractivity contribution is 7.27. The molecule has 0 saturated heterocycles. The van der Waals surface area contributed by atoms with Crippen LogP contribution in [0.25, 0.3) is 11.5 Å². The SMILES string of the molecule is CN(CCc1ccc(P)cc1)C(=O)c1coc(-c2ccccc2)n1. The van der Waals surface area contributed by atoms with Crippen molar-refractivity contribution in [3.63, 3.8) is 0 Å². The van der Waals surface area contributed by atoms with Gasteiger partial charge in [0.25, 0.3) is 5.91 Å². The monoisotopic (exact) mass is 338 g/mol. The standard InChI is InChI=1S/C19H19N2O2P/c1-21(12-11-14-7-9-16(24)10-8-14)19(22)17-13-23-18(20-17)15-5-3-2-4-6-15/h2-10,13H,11-12,24H2,1H3. The molecule has 3 aromatic rings. The summed E-state index contributed by atoms with van der Waals surface area (Å²) in [4.78, 5) is 18.4. The van der Waals surface area contributed by atoms with Gasteiger partial charge in [-0.2, -0.15) is 0 Å². The molecule has 0 aliphatic heterocycles. The van der Waals surface area contributed by atoms with Gasteiger partial charge in [-0.25, -0.2) is 4.98 Å². The highest BCUT2D eigenvalue weighted by Gasteiger charge is 2.17. The first-order valence-electron chi connectivity index (χ1n) is 7.74. The first-order chi connectivity index (χ1) is 11.6. The van der Waals surface area contributed by atoms with Crippen LogP contribution in [0.2, 0.25) is 0 Å². The van der Waals surface area contributed by atoms with Gasteiger partial charge in [0.15, 0.2) is 5.69 Å². The lowest BCUT2D eigenvalue weighted by atomic mass is 10.1. The fourth-order valence-electron chi connectivity index (χ4n) is 2.36. The van der Waals surface area contributed by atoms with Crippen LogP contribution in [0.1, 0.15) is 16.1 Å². The van der Waals surface area contributed by atoms with Crippen molar-refractivity contribution in [1.82, 2.24) is 9.88 Å². The number of hydrogen-bond acceptors (Lipinski definition) is 3. The van der Waals surface area contributed by atoms with Crippen molar-refractivity contribution in [3.05, 3.63) is 72.1 Å². The van der Waals surface area contributed by atoms with Gasteiger partial charge in [-0.15, -0.1) is 9.24 Å². The Kier molecular flexibility index (Phi) is 5.07. The van der Waals surface area contributed by atoms with E-state index < -0.39 is 0 Å². The normalized spacial score (nSPS) is 10.6. The fourth-order valence-corrected chi connectivity index (χ4v) is 2.56. The van der Waals surface area contributed by atoms with E-state index in [2.05, 4.69) is 26.4 Å². The summed E-state index contributed by atoms with van der Waals surface area (Å²) in [7, 11) is 4.45. The zero-order chi connectivity index (χ0) is 16.9. The Labute approximate surface area is 143 Å². The van der Waals surface area contributed by atoms with Crippen LogP contribution in [0.3, 0.4) is 0 Å². The van der Waals surface area contributed by atoms with Gasteiger partial charge in [0, 0.05) is 19.2 Å². The molecule has 0 saturated carbocycles. The number of rotatable bonds is 5. The summed E-state index contributed by atoms with van der Waals surface area (Å²) in [5.74, 6) is 0.326. The largest absolute Gasteiger partial charge is 0.444 e. The molecule has 0 fully saturated rings. The molecule has 122 valence electrons. The molecule has 1 unspecified atom stereocenters. The molecule has 0 spiro atoms. The number of aromatic nitrogens is 1. The van der Waals surface area contributed by atoms with Crippen LogP contribution >= 0.6 is 9.24 Å². The van der Waals surface area contributed by atoms with Gasteiger partial charge in [-0.3, -0.25) is 4.79 Å². The lowest BCUT2D eigenvalue weighted by Crippen LogP contribution is -2.29. The number of hydrogen-bond donors (Lipinski definition) is 0. The van der Waals surface area contributed by atoms with Gasteiger partial charge in [0.05, 0.1) is 0 Å². The molecule has 1 amide bonds. The van der Waals surface area contributed by atoms with Crippen molar-refractivity contribution >= 4 is 20.5 Å². The fraction of sp³-hybridized carbons (Fsp3) is 0.158. The van der Waals surface area contributed by atoms with E-state index >= 15 is 0 Å². The second kappa shape index (κ2) is 7.41. The molecule has 0 N–H and O–H groups in total. The molecule has 0 aliphatic rings. The van der Waals surface area contributed by atoms with Crippen LogP contribution in [0, 0.1) is 0 Å². The Balaban J connectivity index is 1.63. The van der Waals surface area contributed by atoms with Crippen LogP contribution in [-0.4, -0.2) is 29.4 Å². The topological polar surface area (TPSA) is 46.3 Å². The number of amides is 1. The molecule has 5 heteroatoms.